The van der Waals surface area contributed by atoms with Crippen LogP contribution >= 0.6 is 23.2 Å². The smallest absolute Gasteiger partial charge is 0.123 e. The zero-order valence-corrected chi connectivity index (χ0v) is 11.8. The number of rotatable bonds is 5. The van der Waals surface area contributed by atoms with Crippen molar-refractivity contribution in [3.05, 3.63) is 69.5 Å². The lowest BCUT2D eigenvalue weighted by Gasteiger charge is -2.07. The maximum atomic E-state index is 12.7. The Hall–Kier alpha value is -1.09. The standard InChI is InChI=1S/C15H14Cl2FN/c16-13-3-6-15(17)12(9-13)10-19-8-7-11-1-4-14(18)5-2-11/h1-6,9,19H,7-8,10H2. The predicted octanol–water partition coefficient (Wildman–Crippen LogP) is 4.46. The van der Waals surface area contributed by atoms with E-state index in [2.05, 4.69) is 5.32 Å². The second-order valence-corrected chi connectivity index (χ2v) is 5.13. The maximum absolute atomic E-state index is 12.7. The summed E-state index contributed by atoms with van der Waals surface area (Å²) in [5, 5.41) is 4.68. The van der Waals surface area contributed by atoms with Gasteiger partial charge in [0.15, 0.2) is 0 Å². The van der Waals surface area contributed by atoms with Gasteiger partial charge < -0.3 is 5.32 Å². The lowest BCUT2D eigenvalue weighted by Crippen LogP contribution is -2.16. The van der Waals surface area contributed by atoms with Crippen LogP contribution in [0.2, 0.25) is 10.0 Å². The van der Waals surface area contributed by atoms with Gasteiger partial charge in [0.05, 0.1) is 0 Å². The van der Waals surface area contributed by atoms with Gasteiger partial charge in [-0.25, -0.2) is 4.39 Å². The zero-order chi connectivity index (χ0) is 13.7. The number of nitrogens with one attached hydrogen (secondary N) is 1. The van der Waals surface area contributed by atoms with E-state index in [0.29, 0.717) is 16.6 Å². The zero-order valence-electron chi connectivity index (χ0n) is 10.3. The molecular weight excluding hydrogens is 284 g/mol. The quantitative estimate of drug-likeness (QED) is 0.803. The lowest BCUT2D eigenvalue weighted by molar-refractivity contribution is 0.626. The Morgan fingerprint density at radius 2 is 1.74 bits per heavy atom. The second-order valence-electron chi connectivity index (χ2n) is 4.29. The van der Waals surface area contributed by atoms with Gasteiger partial charge in [0.2, 0.25) is 0 Å². The SMILES string of the molecule is Fc1ccc(CCNCc2cc(Cl)ccc2Cl)cc1. The number of halogens is 3. The monoisotopic (exact) mass is 297 g/mol. The molecule has 0 radical (unpaired) electrons. The van der Waals surface area contributed by atoms with E-state index in [1.54, 1.807) is 24.3 Å². The summed E-state index contributed by atoms with van der Waals surface area (Å²) in [6, 6.07) is 12.0. The molecule has 19 heavy (non-hydrogen) atoms. The first kappa shape index (κ1) is 14.3. The van der Waals surface area contributed by atoms with Crippen molar-refractivity contribution < 1.29 is 4.39 Å². The molecular formula is C15H14Cl2FN. The summed E-state index contributed by atoms with van der Waals surface area (Å²) in [5.41, 5.74) is 2.08. The van der Waals surface area contributed by atoms with E-state index in [9.17, 15) is 4.39 Å². The van der Waals surface area contributed by atoms with Gasteiger partial charge in [0, 0.05) is 16.6 Å². The molecule has 1 N–H and O–H groups in total. The van der Waals surface area contributed by atoms with Gasteiger partial charge in [-0.1, -0.05) is 35.3 Å². The number of benzene rings is 2. The van der Waals surface area contributed by atoms with E-state index in [1.165, 1.54) is 12.1 Å². The van der Waals surface area contributed by atoms with Crippen molar-refractivity contribution in [1.29, 1.82) is 0 Å². The maximum Gasteiger partial charge on any atom is 0.123 e. The Labute approximate surface area is 122 Å². The van der Waals surface area contributed by atoms with Gasteiger partial charge in [-0.05, 0) is 54.4 Å². The molecule has 0 aliphatic heterocycles. The van der Waals surface area contributed by atoms with Crippen LogP contribution in [0.15, 0.2) is 42.5 Å². The topological polar surface area (TPSA) is 12.0 Å². The normalized spacial score (nSPS) is 10.7. The van der Waals surface area contributed by atoms with Crippen molar-refractivity contribution in [3.63, 3.8) is 0 Å². The van der Waals surface area contributed by atoms with Crippen molar-refractivity contribution in [1.82, 2.24) is 5.32 Å². The van der Waals surface area contributed by atoms with Gasteiger partial charge in [-0.2, -0.15) is 0 Å². The molecule has 0 amide bonds. The van der Waals surface area contributed by atoms with Gasteiger partial charge in [0.1, 0.15) is 5.82 Å². The van der Waals surface area contributed by atoms with E-state index in [4.69, 9.17) is 23.2 Å². The van der Waals surface area contributed by atoms with E-state index in [0.717, 1.165) is 24.1 Å². The van der Waals surface area contributed by atoms with Crippen LogP contribution < -0.4 is 5.32 Å². The fourth-order valence-electron chi connectivity index (χ4n) is 1.79. The molecule has 0 aromatic heterocycles. The predicted molar refractivity (Wildman–Crippen MR) is 78.3 cm³/mol. The first-order valence-electron chi connectivity index (χ1n) is 6.04. The average Bonchev–Trinajstić information content (AvgIpc) is 2.40. The molecule has 0 heterocycles. The third kappa shape index (κ3) is 4.50. The highest BCUT2D eigenvalue weighted by Crippen LogP contribution is 2.20. The molecule has 0 aliphatic carbocycles. The minimum absolute atomic E-state index is 0.206. The highest BCUT2D eigenvalue weighted by atomic mass is 35.5. The van der Waals surface area contributed by atoms with Crippen LogP contribution in [-0.4, -0.2) is 6.54 Å². The molecule has 2 aromatic rings. The minimum Gasteiger partial charge on any atom is -0.312 e. The highest BCUT2D eigenvalue weighted by molar-refractivity contribution is 6.33. The summed E-state index contributed by atoms with van der Waals surface area (Å²) in [6.07, 6.45) is 0.846. The van der Waals surface area contributed by atoms with Gasteiger partial charge in [-0.3, -0.25) is 0 Å². The van der Waals surface area contributed by atoms with E-state index >= 15 is 0 Å². The van der Waals surface area contributed by atoms with Crippen LogP contribution in [0.3, 0.4) is 0 Å². The summed E-state index contributed by atoms with van der Waals surface area (Å²) in [6.45, 7) is 1.47. The van der Waals surface area contributed by atoms with Crippen LogP contribution in [0.5, 0.6) is 0 Å². The first-order chi connectivity index (χ1) is 9.15. The van der Waals surface area contributed by atoms with Gasteiger partial charge in [0.25, 0.3) is 0 Å². The van der Waals surface area contributed by atoms with Crippen LogP contribution in [-0.2, 0) is 13.0 Å². The van der Waals surface area contributed by atoms with E-state index < -0.39 is 0 Å². The van der Waals surface area contributed by atoms with Crippen LogP contribution in [0, 0.1) is 5.82 Å². The molecule has 2 rings (SSSR count). The van der Waals surface area contributed by atoms with Crippen molar-refractivity contribution in [3.8, 4) is 0 Å². The van der Waals surface area contributed by atoms with E-state index in [-0.39, 0.29) is 5.82 Å². The van der Waals surface area contributed by atoms with Crippen LogP contribution in [0.1, 0.15) is 11.1 Å². The molecule has 0 saturated carbocycles. The molecule has 0 spiro atoms. The Morgan fingerprint density at radius 3 is 2.47 bits per heavy atom. The molecule has 0 aliphatic rings. The fourth-order valence-corrected chi connectivity index (χ4v) is 2.16. The second kappa shape index (κ2) is 6.90. The first-order valence-corrected chi connectivity index (χ1v) is 6.80. The Morgan fingerprint density at radius 1 is 1.00 bits per heavy atom. The molecule has 4 heteroatoms. The fraction of sp³-hybridized carbons (Fsp3) is 0.200. The van der Waals surface area contributed by atoms with Crippen LogP contribution in [0.4, 0.5) is 4.39 Å². The third-order valence-electron chi connectivity index (χ3n) is 2.83. The third-order valence-corrected chi connectivity index (χ3v) is 3.43. The molecule has 0 saturated heterocycles. The van der Waals surface area contributed by atoms with E-state index in [1.807, 2.05) is 6.07 Å². The van der Waals surface area contributed by atoms with Crippen molar-refractivity contribution in [2.45, 2.75) is 13.0 Å². The molecule has 2 aromatic carbocycles. The van der Waals surface area contributed by atoms with Crippen molar-refractivity contribution in [2.24, 2.45) is 0 Å². The summed E-state index contributed by atoms with van der Waals surface area (Å²) >= 11 is 12.0. The van der Waals surface area contributed by atoms with Crippen LogP contribution in [0.25, 0.3) is 0 Å². The Balaban J connectivity index is 1.80. The molecule has 100 valence electrons. The Bertz CT molecular complexity index is 540. The minimum atomic E-state index is -0.206. The number of hydrogen-bond acceptors (Lipinski definition) is 1. The summed E-state index contributed by atoms with van der Waals surface area (Å²) in [7, 11) is 0. The Kier molecular flexibility index (Phi) is 5.20. The molecule has 0 atom stereocenters. The molecule has 0 bridgehead atoms. The summed E-state index contributed by atoms with van der Waals surface area (Å²) < 4.78 is 12.7. The largest absolute Gasteiger partial charge is 0.312 e. The van der Waals surface area contributed by atoms with Gasteiger partial charge in [-0.15, -0.1) is 0 Å². The highest BCUT2D eigenvalue weighted by Gasteiger charge is 2.01. The summed E-state index contributed by atoms with van der Waals surface area (Å²) in [5.74, 6) is -0.206. The van der Waals surface area contributed by atoms with Crippen molar-refractivity contribution >= 4 is 23.2 Å². The molecule has 1 nitrogen and oxygen atoms in total. The summed E-state index contributed by atoms with van der Waals surface area (Å²) in [4.78, 5) is 0. The van der Waals surface area contributed by atoms with Gasteiger partial charge >= 0.3 is 0 Å². The van der Waals surface area contributed by atoms with Crippen molar-refractivity contribution in [2.75, 3.05) is 6.54 Å². The average molecular weight is 298 g/mol. The lowest BCUT2D eigenvalue weighted by atomic mass is 10.1. The molecule has 0 fully saturated rings. The molecule has 0 unspecified atom stereocenters. The number of hydrogen-bond donors (Lipinski definition) is 1.